The van der Waals surface area contributed by atoms with E-state index < -0.39 is 0 Å². The van der Waals surface area contributed by atoms with Crippen LogP contribution in [0.15, 0.2) is 4.52 Å². The zero-order valence-electron chi connectivity index (χ0n) is 6.54. The van der Waals surface area contributed by atoms with Gasteiger partial charge in [-0.3, -0.25) is 0 Å². The Bertz CT molecular complexity index is 225. The molecule has 0 aliphatic carbocycles. The molecule has 0 saturated heterocycles. The van der Waals surface area contributed by atoms with E-state index in [4.69, 9.17) is 16.1 Å². The van der Waals surface area contributed by atoms with Crippen molar-refractivity contribution in [3.63, 3.8) is 0 Å². The van der Waals surface area contributed by atoms with E-state index in [0.717, 1.165) is 6.54 Å². The van der Waals surface area contributed by atoms with E-state index in [9.17, 15) is 0 Å². The van der Waals surface area contributed by atoms with E-state index in [1.807, 2.05) is 18.9 Å². The summed E-state index contributed by atoms with van der Waals surface area (Å²) in [5, 5.41) is 3.71. The van der Waals surface area contributed by atoms with Crippen LogP contribution in [0.1, 0.15) is 12.8 Å². The fourth-order valence-electron chi connectivity index (χ4n) is 0.597. The lowest BCUT2D eigenvalue weighted by Crippen LogP contribution is -2.17. The monoisotopic (exact) mass is 175 g/mol. The fraction of sp³-hybridized carbons (Fsp3) is 0.667. The maximum absolute atomic E-state index is 5.47. The van der Waals surface area contributed by atoms with Crippen LogP contribution in [0.3, 0.4) is 0 Å². The first-order chi connectivity index (χ1) is 5.27. The number of anilines is 1. The molecule has 0 fully saturated rings. The maximum atomic E-state index is 5.47. The molecule has 0 N–H and O–H groups in total. The third kappa shape index (κ3) is 1.83. The van der Waals surface area contributed by atoms with E-state index in [1.165, 1.54) is 0 Å². The minimum Gasteiger partial charge on any atom is -0.342 e. The predicted molar refractivity (Wildman–Crippen MR) is 42.8 cm³/mol. The molecule has 0 bridgehead atoms. The summed E-state index contributed by atoms with van der Waals surface area (Å²) in [6, 6.07) is 0. The standard InChI is InChI=1S/C6H10ClN3O/c1-3-10(2)6-8-5(4-7)11-9-6/h3-4H2,1-2H3. The first-order valence-corrected chi connectivity index (χ1v) is 3.91. The molecule has 0 unspecified atom stereocenters. The zero-order chi connectivity index (χ0) is 8.27. The molecule has 0 aromatic carbocycles. The van der Waals surface area contributed by atoms with Gasteiger partial charge in [0.1, 0.15) is 5.88 Å². The van der Waals surface area contributed by atoms with Crippen molar-refractivity contribution in [2.45, 2.75) is 12.8 Å². The van der Waals surface area contributed by atoms with E-state index in [-0.39, 0.29) is 5.88 Å². The SMILES string of the molecule is CCN(C)c1noc(CCl)n1. The molecule has 0 amide bonds. The number of hydrogen-bond donors (Lipinski definition) is 0. The summed E-state index contributed by atoms with van der Waals surface area (Å²) in [6.45, 7) is 2.86. The van der Waals surface area contributed by atoms with Gasteiger partial charge in [0.05, 0.1) is 0 Å². The van der Waals surface area contributed by atoms with Crippen LogP contribution in [-0.2, 0) is 5.88 Å². The van der Waals surface area contributed by atoms with Crippen LogP contribution in [0.25, 0.3) is 0 Å². The van der Waals surface area contributed by atoms with Gasteiger partial charge >= 0.3 is 0 Å². The molecule has 0 aliphatic heterocycles. The molecule has 1 heterocycles. The topological polar surface area (TPSA) is 42.2 Å². The molecule has 0 spiro atoms. The number of alkyl halides is 1. The highest BCUT2D eigenvalue weighted by atomic mass is 35.5. The van der Waals surface area contributed by atoms with Crippen LogP contribution in [0.5, 0.6) is 0 Å². The summed E-state index contributed by atoms with van der Waals surface area (Å²) in [5.74, 6) is 1.31. The molecule has 11 heavy (non-hydrogen) atoms. The highest BCUT2D eigenvalue weighted by Crippen LogP contribution is 2.07. The summed E-state index contributed by atoms with van der Waals surface area (Å²) < 4.78 is 4.80. The number of halogens is 1. The molecule has 1 rings (SSSR count). The van der Waals surface area contributed by atoms with Crippen LogP contribution < -0.4 is 4.90 Å². The van der Waals surface area contributed by atoms with E-state index in [0.29, 0.717) is 11.8 Å². The fourth-order valence-corrected chi connectivity index (χ4v) is 0.705. The van der Waals surface area contributed by atoms with E-state index in [1.54, 1.807) is 0 Å². The summed E-state index contributed by atoms with van der Waals surface area (Å²) in [5.41, 5.74) is 0. The third-order valence-corrected chi connectivity index (χ3v) is 1.62. The van der Waals surface area contributed by atoms with Gasteiger partial charge < -0.3 is 9.42 Å². The Balaban J connectivity index is 2.71. The molecule has 0 aliphatic rings. The van der Waals surface area contributed by atoms with Crippen LogP contribution >= 0.6 is 11.6 Å². The number of nitrogens with zero attached hydrogens (tertiary/aromatic N) is 3. The Morgan fingerprint density at radius 2 is 2.36 bits per heavy atom. The Labute approximate surface area is 70.1 Å². The highest BCUT2D eigenvalue weighted by molar-refractivity contribution is 6.16. The molecular weight excluding hydrogens is 166 g/mol. The highest BCUT2D eigenvalue weighted by Gasteiger charge is 2.06. The van der Waals surface area contributed by atoms with Gasteiger partial charge in [0, 0.05) is 13.6 Å². The van der Waals surface area contributed by atoms with Crippen LogP contribution in [0, 0.1) is 0 Å². The van der Waals surface area contributed by atoms with Gasteiger partial charge in [-0.1, -0.05) is 0 Å². The molecule has 0 saturated carbocycles. The van der Waals surface area contributed by atoms with Gasteiger partial charge in [0.15, 0.2) is 0 Å². The van der Waals surface area contributed by atoms with Crippen molar-refractivity contribution in [2.75, 3.05) is 18.5 Å². The lowest BCUT2D eigenvalue weighted by molar-refractivity contribution is 0.389. The predicted octanol–water partition coefficient (Wildman–Crippen LogP) is 1.26. The molecular formula is C6H10ClN3O. The Morgan fingerprint density at radius 1 is 1.64 bits per heavy atom. The number of aromatic nitrogens is 2. The first-order valence-electron chi connectivity index (χ1n) is 3.37. The second-order valence-corrected chi connectivity index (χ2v) is 2.40. The van der Waals surface area contributed by atoms with Gasteiger partial charge in [-0.25, -0.2) is 0 Å². The first kappa shape index (κ1) is 8.33. The van der Waals surface area contributed by atoms with Gasteiger partial charge in [0.25, 0.3) is 5.95 Å². The molecule has 1 aromatic rings. The van der Waals surface area contributed by atoms with Crippen molar-refractivity contribution in [1.29, 1.82) is 0 Å². The summed E-state index contributed by atoms with van der Waals surface area (Å²) in [4.78, 5) is 5.89. The van der Waals surface area contributed by atoms with Crippen molar-refractivity contribution in [1.82, 2.24) is 10.1 Å². The third-order valence-electron chi connectivity index (χ3n) is 1.39. The summed E-state index contributed by atoms with van der Waals surface area (Å²) in [6.07, 6.45) is 0. The summed E-state index contributed by atoms with van der Waals surface area (Å²) >= 11 is 5.47. The van der Waals surface area contributed by atoms with Crippen molar-refractivity contribution in [2.24, 2.45) is 0 Å². The van der Waals surface area contributed by atoms with Crippen LogP contribution in [0.2, 0.25) is 0 Å². The molecule has 0 radical (unpaired) electrons. The Morgan fingerprint density at radius 3 is 2.82 bits per heavy atom. The average molecular weight is 176 g/mol. The van der Waals surface area contributed by atoms with Crippen molar-refractivity contribution >= 4 is 17.5 Å². The summed E-state index contributed by atoms with van der Waals surface area (Å²) in [7, 11) is 1.89. The molecule has 1 aromatic heterocycles. The van der Waals surface area contributed by atoms with Crippen molar-refractivity contribution in [3.05, 3.63) is 5.89 Å². The van der Waals surface area contributed by atoms with Crippen molar-refractivity contribution < 1.29 is 4.52 Å². The van der Waals surface area contributed by atoms with Crippen LogP contribution in [-0.4, -0.2) is 23.7 Å². The molecule has 62 valence electrons. The van der Waals surface area contributed by atoms with Crippen LogP contribution in [0.4, 0.5) is 5.95 Å². The number of rotatable bonds is 3. The number of hydrogen-bond acceptors (Lipinski definition) is 4. The zero-order valence-corrected chi connectivity index (χ0v) is 7.30. The smallest absolute Gasteiger partial charge is 0.265 e. The lowest BCUT2D eigenvalue weighted by Gasteiger charge is -2.08. The second-order valence-electron chi connectivity index (χ2n) is 2.14. The maximum Gasteiger partial charge on any atom is 0.265 e. The second kappa shape index (κ2) is 3.57. The lowest BCUT2D eigenvalue weighted by atomic mass is 10.6. The van der Waals surface area contributed by atoms with Crippen molar-refractivity contribution in [3.8, 4) is 0 Å². The normalized spacial score (nSPS) is 10.1. The Kier molecular flexibility index (Phi) is 2.70. The average Bonchev–Trinajstić information content (AvgIpc) is 2.50. The quantitative estimate of drug-likeness (QED) is 0.649. The van der Waals surface area contributed by atoms with Gasteiger partial charge in [-0.2, -0.15) is 4.98 Å². The molecule has 4 nitrogen and oxygen atoms in total. The van der Waals surface area contributed by atoms with E-state index in [2.05, 4.69) is 10.1 Å². The Hall–Kier alpha value is -0.770. The van der Waals surface area contributed by atoms with Gasteiger partial charge in [-0.15, -0.1) is 11.6 Å². The van der Waals surface area contributed by atoms with Gasteiger partial charge in [0.2, 0.25) is 5.89 Å². The molecule has 5 heteroatoms. The minimum atomic E-state index is 0.268. The van der Waals surface area contributed by atoms with E-state index >= 15 is 0 Å². The minimum absolute atomic E-state index is 0.268. The van der Waals surface area contributed by atoms with Gasteiger partial charge in [-0.05, 0) is 12.1 Å². The largest absolute Gasteiger partial charge is 0.342 e. The molecule has 0 atom stereocenters.